The first-order chi connectivity index (χ1) is 12.2. The van der Waals surface area contributed by atoms with E-state index in [-0.39, 0.29) is 11.2 Å². The number of halogens is 2. The first kappa shape index (κ1) is 16.6. The molecule has 2 aromatic rings. The van der Waals surface area contributed by atoms with Gasteiger partial charge in [-0.25, -0.2) is 4.39 Å². The molecule has 0 aliphatic carbocycles. The van der Waals surface area contributed by atoms with E-state index < -0.39 is 0 Å². The summed E-state index contributed by atoms with van der Waals surface area (Å²) < 4.78 is 14.3. The molecule has 25 heavy (non-hydrogen) atoms. The molecule has 2 N–H and O–H groups in total. The maximum atomic E-state index is 14.3. The zero-order valence-corrected chi connectivity index (χ0v) is 14.7. The summed E-state index contributed by atoms with van der Waals surface area (Å²) in [6.45, 7) is 2.44. The van der Waals surface area contributed by atoms with Crippen molar-refractivity contribution in [2.45, 2.75) is 25.8 Å². The molecule has 1 saturated heterocycles. The summed E-state index contributed by atoms with van der Waals surface area (Å²) in [6, 6.07) is 13.0. The maximum Gasteiger partial charge on any atom is 0.128 e. The first-order valence-corrected chi connectivity index (χ1v) is 9.09. The molecule has 0 unspecified atom stereocenters. The minimum atomic E-state index is -0.128. The lowest BCUT2D eigenvalue weighted by molar-refractivity contribution is 0.289. The van der Waals surface area contributed by atoms with E-state index in [1.54, 1.807) is 12.1 Å². The van der Waals surface area contributed by atoms with Crippen LogP contribution in [0.25, 0.3) is 0 Å². The van der Waals surface area contributed by atoms with Gasteiger partial charge in [-0.15, -0.1) is 0 Å². The van der Waals surface area contributed by atoms with Crippen molar-refractivity contribution in [1.82, 2.24) is 5.32 Å². The fourth-order valence-electron chi connectivity index (χ4n) is 3.87. The summed E-state index contributed by atoms with van der Waals surface area (Å²) in [4.78, 5) is 4.90. The third kappa shape index (κ3) is 3.29. The molecule has 2 aromatic carbocycles. The SMILES string of the molecule is Fc1cccc2c1CC1(CCNCC1)C(=NCc1cccc(Cl)c1)N2. The number of rotatable bonds is 2. The largest absolute Gasteiger partial charge is 0.343 e. The van der Waals surface area contributed by atoms with E-state index in [1.807, 2.05) is 30.3 Å². The number of piperidine rings is 1. The molecule has 1 fully saturated rings. The van der Waals surface area contributed by atoms with Crippen LogP contribution >= 0.6 is 11.6 Å². The summed E-state index contributed by atoms with van der Waals surface area (Å²) in [7, 11) is 0. The van der Waals surface area contributed by atoms with Gasteiger partial charge < -0.3 is 10.6 Å². The quantitative estimate of drug-likeness (QED) is 0.835. The number of amidine groups is 1. The van der Waals surface area contributed by atoms with Crippen LogP contribution in [-0.2, 0) is 13.0 Å². The van der Waals surface area contributed by atoms with E-state index in [9.17, 15) is 4.39 Å². The number of anilines is 1. The van der Waals surface area contributed by atoms with Gasteiger partial charge in [0.05, 0.1) is 6.54 Å². The molecule has 2 aliphatic rings. The van der Waals surface area contributed by atoms with Gasteiger partial charge in [-0.05, 0) is 62.2 Å². The van der Waals surface area contributed by atoms with E-state index in [0.29, 0.717) is 13.0 Å². The van der Waals surface area contributed by atoms with Crippen molar-refractivity contribution >= 4 is 23.1 Å². The predicted octanol–water partition coefficient (Wildman–Crippen LogP) is 4.42. The van der Waals surface area contributed by atoms with Crippen LogP contribution in [0, 0.1) is 11.2 Å². The van der Waals surface area contributed by atoms with Crippen LogP contribution in [0.2, 0.25) is 5.02 Å². The Labute approximate surface area is 152 Å². The number of nitrogens with zero attached hydrogens (tertiary/aromatic N) is 1. The van der Waals surface area contributed by atoms with Crippen LogP contribution in [0.3, 0.4) is 0 Å². The lowest BCUT2D eigenvalue weighted by Crippen LogP contribution is -2.49. The molecule has 130 valence electrons. The fraction of sp³-hybridized carbons (Fsp3) is 0.350. The number of hydrogen-bond acceptors (Lipinski definition) is 2. The van der Waals surface area contributed by atoms with E-state index in [1.165, 1.54) is 0 Å². The molecule has 2 aliphatic heterocycles. The highest BCUT2D eigenvalue weighted by Gasteiger charge is 2.41. The average Bonchev–Trinajstić information content (AvgIpc) is 2.62. The van der Waals surface area contributed by atoms with Crippen molar-refractivity contribution < 1.29 is 4.39 Å². The second kappa shape index (κ2) is 6.77. The lowest BCUT2D eigenvalue weighted by atomic mass is 9.70. The number of hydrogen-bond donors (Lipinski definition) is 2. The predicted molar refractivity (Wildman–Crippen MR) is 101 cm³/mol. The lowest BCUT2D eigenvalue weighted by Gasteiger charge is -2.43. The van der Waals surface area contributed by atoms with Crippen LogP contribution in [0.5, 0.6) is 0 Å². The number of nitrogens with one attached hydrogen (secondary N) is 2. The molecular weight excluding hydrogens is 337 g/mol. The average molecular weight is 358 g/mol. The van der Waals surface area contributed by atoms with Gasteiger partial charge in [-0.1, -0.05) is 29.8 Å². The van der Waals surface area contributed by atoms with E-state index in [0.717, 1.165) is 53.6 Å². The van der Waals surface area contributed by atoms with Crippen molar-refractivity contribution in [3.63, 3.8) is 0 Å². The van der Waals surface area contributed by atoms with Gasteiger partial charge in [0, 0.05) is 21.7 Å². The molecule has 4 rings (SSSR count). The van der Waals surface area contributed by atoms with Crippen molar-refractivity contribution in [3.8, 4) is 0 Å². The summed E-state index contributed by atoms with van der Waals surface area (Å²) in [5, 5.41) is 7.56. The minimum absolute atomic E-state index is 0.112. The Kier molecular flexibility index (Phi) is 4.48. The molecular formula is C20H21ClFN3. The number of aliphatic imine (C=N–C) groups is 1. The van der Waals surface area contributed by atoms with Gasteiger partial charge in [-0.2, -0.15) is 0 Å². The van der Waals surface area contributed by atoms with Gasteiger partial charge in [0.15, 0.2) is 0 Å². The molecule has 0 bridgehead atoms. The molecule has 3 nitrogen and oxygen atoms in total. The van der Waals surface area contributed by atoms with Crippen molar-refractivity contribution in [2.24, 2.45) is 10.4 Å². The third-order valence-corrected chi connectivity index (χ3v) is 5.49. The topological polar surface area (TPSA) is 36.4 Å². The van der Waals surface area contributed by atoms with Crippen LogP contribution in [-0.4, -0.2) is 18.9 Å². The molecule has 0 aromatic heterocycles. The highest BCUT2D eigenvalue weighted by molar-refractivity contribution is 6.30. The Balaban J connectivity index is 1.69. The third-order valence-electron chi connectivity index (χ3n) is 5.26. The summed E-state index contributed by atoms with van der Waals surface area (Å²) in [6.07, 6.45) is 2.63. The Hall–Kier alpha value is -1.91. The Morgan fingerprint density at radius 1 is 1.12 bits per heavy atom. The second-order valence-electron chi connectivity index (χ2n) is 6.89. The zero-order valence-electron chi connectivity index (χ0n) is 14.0. The van der Waals surface area contributed by atoms with E-state index in [2.05, 4.69) is 10.6 Å². The van der Waals surface area contributed by atoms with Crippen LogP contribution < -0.4 is 10.6 Å². The normalized spacial score (nSPS) is 20.3. The van der Waals surface area contributed by atoms with Crippen molar-refractivity contribution in [3.05, 3.63) is 64.4 Å². The highest BCUT2D eigenvalue weighted by Crippen LogP contribution is 2.41. The Morgan fingerprint density at radius 2 is 1.92 bits per heavy atom. The van der Waals surface area contributed by atoms with Crippen LogP contribution in [0.15, 0.2) is 47.5 Å². The van der Waals surface area contributed by atoms with Crippen molar-refractivity contribution in [1.29, 1.82) is 0 Å². The zero-order chi connectivity index (χ0) is 17.3. The first-order valence-electron chi connectivity index (χ1n) is 8.71. The summed E-state index contributed by atoms with van der Waals surface area (Å²) >= 11 is 6.08. The fourth-order valence-corrected chi connectivity index (χ4v) is 4.08. The molecule has 0 amide bonds. The van der Waals surface area contributed by atoms with Gasteiger partial charge in [0.2, 0.25) is 0 Å². The Bertz CT molecular complexity index is 812. The van der Waals surface area contributed by atoms with Crippen molar-refractivity contribution in [2.75, 3.05) is 18.4 Å². The molecule has 2 heterocycles. The van der Waals surface area contributed by atoms with Gasteiger partial charge >= 0.3 is 0 Å². The van der Waals surface area contributed by atoms with Gasteiger partial charge in [0.25, 0.3) is 0 Å². The van der Waals surface area contributed by atoms with Gasteiger partial charge in [-0.3, -0.25) is 4.99 Å². The minimum Gasteiger partial charge on any atom is -0.343 e. The molecule has 0 saturated carbocycles. The molecule has 5 heteroatoms. The Morgan fingerprint density at radius 3 is 2.72 bits per heavy atom. The summed E-state index contributed by atoms with van der Waals surface area (Å²) in [5.74, 6) is 0.851. The van der Waals surface area contributed by atoms with E-state index >= 15 is 0 Å². The highest BCUT2D eigenvalue weighted by atomic mass is 35.5. The number of fused-ring (bicyclic) bond motifs is 1. The van der Waals surface area contributed by atoms with E-state index in [4.69, 9.17) is 16.6 Å². The molecule has 0 atom stereocenters. The standard InChI is InChI=1S/C20H21ClFN3/c21-15-4-1-3-14(11-15)13-24-19-20(7-9-23-10-8-20)12-16-17(22)5-2-6-18(16)25-19/h1-6,11,23H,7-10,12-13H2,(H,24,25). The maximum absolute atomic E-state index is 14.3. The van der Waals surface area contributed by atoms with Crippen LogP contribution in [0.4, 0.5) is 10.1 Å². The summed E-state index contributed by atoms with van der Waals surface area (Å²) in [5.41, 5.74) is 2.59. The molecule has 0 radical (unpaired) electrons. The smallest absolute Gasteiger partial charge is 0.128 e. The van der Waals surface area contributed by atoms with Gasteiger partial charge in [0.1, 0.15) is 11.7 Å². The van der Waals surface area contributed by atoms with Crippen LogP contribution in [0.1, 0.15) is 24.0 Å². The monoisotopic (exact) mass is 357 g/mol. The molecule has 1 spiro atoms. The number of benzene rings is 2. The second-order valence-corrected chi connectivity index (χ2v) is 7.33.